The van der Waals surface area contributed by atoms with Crippen LogP contribution in [-0.4, -0.2) is 36.1 Å². The average molecular weight is 175 g/mol. The van der Waals surface area contributed by atoms with E-state index in [1.807, 2.05) is 0 Å². The van der Waals surface area contributed by atoms with E-state index in [2.05, 4.69) is 11.8 Å². The van der Waals surface area contributed by atoms with Crippen LogP contribution in [0.15, 0.2) is 0 Å². The summed E-state index contributed by atoms with van der Waals surface area (Å²) in [7, 11) is 0. The van der Waals surface area contributed by atoms with E-state index in [-0.39, 0.29) is 0 Å². The summed E-state index contributed by atoms with van der Waals surface area (Å²) in [6.07, 6.45) is 4.06. The van der Waals surface area contributed by atoms with E-state index in [9.17, 15) is 0 Å². The number of hydrogen-bond acceptors (Lipinski definition) is 2. The number of nitrogens with zero attached hydrogens (tertiary/aromatic N) is 1. The van der Waals surface area contributed by atoms with Gasteiger partial charge in [-0.05, 0) is 30.8 Å². The van der Waals surface area contributed by atoms with Gasteiger partial charge in [0.15, 0.2) is 0 Å². The molecule has 2 rings (SSSR count). The fourth-order valence-corrected chi connectivity index (χ4v) is 6.15. The van der Waals surface area contributed by atoms with Gasteiger partial charge >= 0.3 is 0 Å². The fourth-order valence-electron chi connectivity index (χ4n) is 2.07. The predicted molar refractivity (Wildman–Crippen MR) is 49.7 cm³/mol. The molecule has 3 unspecified atom stereocenters. The molecule has 3 heteroatoms. The van der Waals surface area contributed by atoms with E-state index < -0.39 is 6.04 Å². The molecule has 2 heterocycles. The van der Waals surface area contributed by atoms with E-state index in [1.54, 1.807) is 0 Å². The maximum Gasteiger partial charge on any atom is 0.0278 e. The molecule has 2 aliphatic rings. The molecule has 3 atom stereocenters. The Kier molecular flexibility index (Phi) is 1.67. The minimum absolute atomic E-state index is 0.852. The van der Waals surface area contributed by atoms with Gasteiger partial charge in [-0.15, -0.1) is 0 Å². The largest absolute Gasteiger partial charge is 0.298 e. The highest BCUT2D eigenvalue weighted by Gasteiger charge is 2.37. The highest BCUT2D eigenvalue weighted by atomic mass is 32.4. The molecular weight excluding hydrogens is 161 g/mol. The third-order valence-electron chi connectivity index (χ3n) is 2.78. The third kappa shape index (κ3) is 0.975. The van der Waals surface area contributed by atoms with Crippen LogP contribution in [0.25, 0.3) is 0 Å². The van der Waals surface area contributed by atoms with Crippen molar-refractivity contribution in [2.45, 2.75) is 19.0 Å². The highest BCUT2D eigenvalue weighted by Crippen LogP contribution is 2.58. The lowest BCUT2D eigenvalue weighted by Gasteiger charge is -2.25. The summed E-state index contributed by atoms with van der Waals surface area (Å²) in [5.41, 5.74) is 0.866. The first kappa shape index (κ1) is 7.27. The van der Waals surface area contributed by atoms with Crippen LogP contribution in [0.3, 0.4) is 0 Å². The van der Waals surface area contributed by atoms with Crippen molar-refractivity contribution in [3.05, 3.63) is 0 Å². The van der Waals surface area contributed by atoms with E-state index in [0.717, 1.165) is 5.66 Å². The van der Waals surface area contributed by atoms with Crippen molar-refractivity contribution < 1.29 is 0 Å². The SMILES string of the molecule is CC1CN2CCCP1(=S)C2. The zero-order valence-electron chi connectivity index (χ0n) is 6.42. The second-order valence-electron chi connectivity index (χ2n) is 3.60. The highest BCUT2D eigenvalue weighted by molar-refractivity contribution is 8.15. The Morgan fingerprint density at radius 2 is 2.40 bits per heavy atom. The topological polar surface area (TPSA) is 3.24 Å². The van der Waals surface area contributed by atoms with E-state index in [1.165, 1.54) is 32.0 Å². The molecule has 2 fully saturated rings. The first-order valence-electron chi connectivity index (χ1n) is 4.01. The molecule has 0 saturated carbocycles. The van der Waals surface area contributed by atoms with Gasteiger partial charge < -0.3 is 0 Å². The number of fused-ring (bicyclic) bond motifs is 2. The summed E-state index contributed by atoms with van der Waals surface area (Å²) >= 11 is 5.69. The quantitative estimate of drug-likeness (QED) is 0.514. The van der Waals surface area contributed by atoms with Crippen molar-refractivity contribution in [2.75, 3.05) is 25.5 Å². The van der Waals surface area contributed by atoms with Crippen molar-refractivity contribution in [3.63, 3.8) is 0 Å². The Hall–Kier alpha value is 0.610. The van der Waals surface area contributed by atoms with Crippen LogP contribution >= 0.6 is 6.04 Å². The number of hydrogen-bond donors (Lipinski definition) is 0. The summed E-state index contributed by atoms with van der Waals surface area (Å²) in [6.45, 7) is 4.98. The minimum Gasteiger partial charge on any atom is -0.298 e. The average Bonchev–Trinajstić information content (AvgIpc) is 2.04. The molecule has 0 aliphatic carbocycles. The van der Waals surface area contributed by atoms with Gasteiger partial charge in [0.25, 0.3) is 0 Å². The minimum atomic E-state index is -0.852. The van der Waals surface area contributed by atoms with Gasteiger partial charge in [-0.1, -0.05) is 18.7 Å². The van der Waals surface area contributed by atoms with Crippen LogP contribution in [0.2, 0.25) is 0 Å². The number of rotatable bonds is 0. The first-order valence-corrected chi connectivity index (χ1v) is 7.25. The Labute approximate surface area is 67.8 Å². The molecule has 0 aromatic carbocycles. The molecule has 58 valence electrons. The lowest BCUT2D eigenvalue weighted by molar-refractivity contribution is 0.340. The maximum atomic E-state index is 5.69. The monoisotopic (exact) mass is 175 g/mol. The van der Waals surface area contributed by atoms with Crippen LogP contribution in [-0.2, 0) is 11.8 Å². The van der Waals surface area contributed by atoms with E-state index >= 15 is 0 Å². The molecule has 0 N–H and O–H groups in total. The van der Waals surface area contributed by atoms with Crippen LogP contribution in [0.4, 0.5) is 0 Å². The lowest BCUT2D eigenvalue weighted by Crippen LogP contribution is -2.24. The van der Waals surface area contributed by atoms with Crippen molar-refractivity contribution in [3.8, 4) is 0 Å². The first-order chi connectivity index (χ1) is 4.71. The van der Waals surface area contributed by atoms with Crippen molar-refractivity contribution in [2.24, 2.45) is 0 Å². The molecule has 2 bridgehead atoms. The van der Waals surface area contributed by atoms with E-state index in [0.29, 0.717) is 0 Å². The fraction of sp³-hybridized carbons (Fsp3) is 1.00. The summed E-state index contributed by atoms with van der Waals surface area (Å²) in [5, 5.41) is 0. The van der Waals surface area contributed by atoms with Gasteiger partial charge in [0.2, 0.25) is 0 Å². The van der Waals surface area contributed by atoms with Crippen molar-refractivity contribution in [1.82, 2.24) is 4.90 Å². The Morgan fingerprint density at radius 3 is 3.00 bits per heavy atom. The Bertz CT molecular complexity index is 192. The third-order valence-corrected chi connectivity index (χ3v) is 8.47. The van der Waals surface area contributed by atoms with Gasteiger partial charge in [0.1, 0.15) is 0 Å². The normalized spacial score (nSPS) is 53.3. The van der Waals surface area contributed by atoms with Crippen LogP contribution in [0, 0.1) is 0 Å². The summed E-state index contributed by atoms with van der Waals surface area (Å²) in [6, 6.07) is -0.852. The van der Waals surface area contributed by atoms with E-state index in [4.69, 9.17) is 11.8 Å². The van der Waals surface area contributed by atoms with Gasteiger partial charge in [-0.3, -0.25) is 4.90 Å². The molecule has 0 aromatic rings. The zero-order chi connectivity index (χ0) is 7.19. The second-order valence-corrected chi connectivity index (χ2v) is 9.29. The molecule has 10 heavy (non-hydrogen) atoms. The van der Waals surface area contributed by atoms with Gasteiger partial charge in [-0.2, -0.15) is 0 Å². The van der Waals surface area contributed by atoms with Gasteiger partial charge in [-0.25, -0.2) is 0 Å². The lowest BCUT2D eigenvalue weighted by atomic mass is 10.4. The summed E-state index contributed by atoms with van der Waals surface area (Å²) in [5.74, 6) is 0. The molecular formula is C7H14NPS. The van der Waals surface area contributed by atoms with Crippen molar-refractivity contribution >= 4 is 17.8 Å². The molecule has 0 aromatic heterocycles. The summed E-state index contributed by atoms with van der Waals surface area (Å²) < 4.78 is 0. The van der Waals surface area contributed by atoms with Gasteiger partial charge in [0.05, 0.1) is 0 Å². The second kappa shape index (κ2) is 2.30. The molecule has 0 spiro atoms. The molecule has 0 radical (unpaired) electrons. The zero-order valence-corrected chi connectivity index (χ0v) is 8.13. The Balaban J connectivity index is 2.26. The maximum absolute atomic E-state index is 5.69. The molecule has 2 saturated heterocycles. The summed E-state index contributed by atoms with van der Waals surface area (Å²) in [4.78, 5) is 2.56. The van der Waals surface area contributed by atoms with Crippen LogP contribution in [0.1, 0.15) is 13.3 Å². The molecule has 2 aliphatic heterocycles. The molecule has 1 nitrogen and oxygen atoms in total. The van der Waals surface area contributed by atoms with Crippen LogP contribution < -0.4 is 0 Å². The smallest absolute Gasteiger partial charge is 0.0278 e. The Morgan fingerprint density at radius 1 is 1.60 bits per heavy atom. The standard InChI is InChI=1S/C7H14NPS/c1-7-5-8-3-2-4-9(7,10)6-8/h7H,2-6H2,1H3. The van der Waals surface area contributed by atoms with Crippen LogP contribution in [0.5, 0.6) is 0 Å². The van der Waals surface area contributed by atoms with Crippen molar-refractivity contribution in [1.29, 1.82) is 0 Å². The van der Waals surface area contributed by atoms with Gasteiger partial charge in [0, 0.05) is 12.8 Å². The predicted octanol–water partition coefficient (Wildman–Crippen LogP) is 1.53. The molecule has 0 amide bonds.